The summed E-state index contributed by atoms with van der Waals surface area (Å²) in [5, 5.41) is 8.90. The first kappa shape index (κ1) is 21.0. The van der Waals surface area contributed by atoms with Gasteiger partial charge in [-0.1, -0.05) is 96.8 Å². The van der Waals surface area contributed by atoms with E-state index in [1.54, 1.807) is 0 Å². The summed E-state index contributed by atoms with van der Waals surface area (Å²) in [5.41, 5.74) is 0.180. The van der Waals surface area contributed by atoms with Crippen LogP contribution in [0.3, 0.4) is 0 Å². The molecule has 138 valence electrons. The van der Waals surface area contributed by atoms with Gasteiger partial charge in [-0.05, 0) is 19.3 Å². The van der Waals surface area contributed by atoms with Crippen molar-refractivity contribution in [2.75, 3.05) is 13.2 Å². The smallest absolute Gasteiger partial charge is 0.0917 e. The lowest BCUT2D eigenvalue weighted by atomic mass is 9.96. The highest BCUT2D eigenvalue weighted by Gasteiger charge is 2.42. The lowest BCUT2D eigenvalue weighted by molar-refractivity contribution is 0.226. The third-order valence-electron chi connectivity index (χ3n) is 5.33. The zero-order chi connectivity index (χ0) is 16.6. The van der Waals surface area contributed by atoms with Crippen LogP contribution in [-0.4, -0.2) is 23.9 Å². The van der Waals surface area contributed by atoms with Crippen LogP contribution < -0.4 is 0 Å². The maximum atomic E-state index is 8.90. The van der Waals surface area contributed by atoms with Gasteiger partial charge in [-0.3, -0.25) is 0 Å². The molecule has 0 saturated carbocycles. The zero-order valence-corrected chi connectivity index (χ0v) is 15.8. The summed E-state index contributed by atoms with van der Waals surface area (Å²) in [5.74, 6) is 0. The fourth-order valence-corrected chi connectivity index (χ4v) is 3.56. The summed E-state index contributed by atoms with van der Waals surface area (Å²) in [6, 6.07) is 0. The highest BCUT2D eigenvalue weighted by atomic mass is 16.6. The van der Waals surface area contributed by atoms with E-state index in [1.807, 2.05) is 0 Å². The molecule has 1 rings (SSSR count). The van der Waals surface area contributed by atoms with Gasteiger partial charge in [0, 0.05) is 6.61 Å². The Labute approximate surface area is 145 Å². The van der Waals surface area contributed by atoms with Crippen LogP contribution in [0.15, 0.2) is 0 Å². The molecule has 0 aromatic rings. The Bertz CT molecular complexity index is 248. The zero-order valence-electron chi connectivity index (χ0n) is 15.8. The Kier molecular flexibility index (Phi) is 13.0. The highest BCUT2D eigenvalue weighted by Crippen LogP contribution is 2.37. The van der Waals surface area contributed by atoms with Crippen molar-refractivity contribution >= 4 is 0 Å². The number of hydrogen-bond donors (Lipinski definition) is 1. The molecule has 2 nitrogen and oxygen atoms in total. The first-order chi connectivity index (χ1) is 11.3. The predicted octanol–water partition coefficient (Wildman–Crippen LogP) is 6.40. The molecule has 23 heavy (non-hydrogen) atoms. The SMILES string of the molecule is CCCCCCCCCCCCCCCCC1(CCCO)CO1. The fraction of sp³-hybridized carbons (Fsp3) is 1.00. The van der Waals surface area contributed by atoms with Crippen molar-refractivity contribution < 1.29 is 9.84 Å². The summed E-state index contributed by atoms with van der Waals surface area (Å²) in [4.78, 5) is 0. The second-order valence-electron chi connectivity index (χ2n) is 7.65. The maximum Gasteiger partial charge on any atom is 0.0917 e. The van der Waals surface area contributed by atoms with Gasteiger partial charge in [0.05, 0.1) is 12.2 Å². The lowest BCUT2D eigenvalue weighted by Gasteiger charge is -2.10. The molecule has 1 aliphatic heterocycles. The van der Waals surface area contributed by atoms with Gasteiger partial charge in [-0.15, -0.1) is 0 Å². The van der Waals surface area contributed by atoms with Crippen LogP contribution in [-0.2, 0) is 4.74 Å². The summed E-state index contributed by atoms with van der Waals surface area (Å²) in [6.07, 6.45) is 23.0. The summed E-state index contributed by atoms with van der Waals surface area (Å²) < 4.78 is 5.60. The molecule has 1 atom stereocenters. The molecule has 0 aromatic carbocycles. The minimum absolute atomic E-state index is 0.180. The van der Waals surface area contributed by atoms with Crippen LogP contribution in [0.25, 0.3) is 0 Å². The minimum atomic E-state index is 0.180. The molecule has 0 spiro atoms. The van der Waals surface area contributed by atoms with Crippen molar-refractivity contribution in [3.05, 3.63) is 0 Å². The van der Waals surface area contributed by atoms with Crippen LogP contribution in [0.5, 0.6) is 0 Å². The lowest BCUT2D eigenvalue weighted by Crippen LogP contribution is -2.11. The van der Waals surface area contributed by atoms with Crippen molar-refractivity contribution in [2.24, 2.45) is 0 Å². The average Bonchev–Trinajstić information content (AvgIpc) is 3.33. The number of aliphatic hydroxyl groups excluding tert-OH is 1. The fourth-order valence-electron chi connectivity index (χ4n) is 3.56. The Balaban J connectivity index is 1.72. The van der Waals surface area contributed by atoms with Gasteiger partial charge < -0.3 is 9.84 Å². The molecule has 1 saturated heterocycles. The number of aliphatic hydroxyl groups is 1. The first-order valence-electron chi connectivity index (χ1n) is 10.6. The molecule has 1 aliphatic rings. The van der Waals surface area contributed by atoms with Gasteiger partial charge in [0.15, 0.2) is 0 Å². The van der Waals surface area contributed by atoms with E-state index in [0.29, 0.717) is 6.61 Å². The summed E-state index contributed by atoms with van der Waals surface area (Å²) in [6.45, 7) is 3.53. The molecule has 1 heterocycles. The van der Waals surface area contributed by atoms with Gasteiger partial charge in [0.1, 0.15) is 0 Å². The Morgan fingerprint density at radius 1 is 0.652 bits per heavy atom. The van der Waals surface area contributed by atoms with Crippen LogP contribution in [0, 0.1) is 0 Å². The first-order valence-corrected chi connectivity index (χ1v) is 10.6. The number of rotatable bonds is 18. The number of unbranched alkanes of at least 4 members (excludes halogenated alkanes) is 13. The van der Waals surface area contributed by atoms with Crippen molar-refractivity contribution in [3.63, 3.8) is 0 Å². The van der Waals surface area contributed by atoms with Gasteiger partial charge in [0.2, 0.25) is 0 Å². The van der Waals surface area contributed by atoms with E-state index < -0.39 is 0 Å². The molecule has 1 unspecified atom stereocenters. The van der Waals surface area contributed by atoms with Crippen molar-refractivity contribution in [2.45, 2.75) is 122 Å². The third-order valence-corrected chi connectivity index (χ3v) is 5.33. The highest BCUT2D eigenvalue weighted by molar-refractivity contribution is 4.91. The molecule has 0 radical (unpaired) electrons. The van der Waals surface area contributed by atoms with Gasteiger partial charge in [-0.25, -0.2) is 0 Å². The molecule has 0 aliphatic carbocycles. The van der Waals surface area contributed by atoms with E-state index in [2.05, 4.69) is 6.92 Å². The number of ether oxygens (including phenoxy) is 1. The Morgan fingerprint density at radius 3 is 1.43 bits per heavy atom. The quantitative estimate of drug-likeness (QED) is 0.233. The summed E-state index contributed by atoms with van der Waals surface area (Å²) >= 11 is 0. The van der Waals surface area contributed by atoms with Gasteiger partial charge in [-0.2, -0.15) is 0 Å². The van der Waals surface area contributed by atoms with Crippen LogP contribution in [0.2, 0.25) is 0 Å². The van der Waals surface area contributed by atoms with Gasteiger partial charge >= 0.3 is 0 Å². The molecule has 1 fully saturated rings. The standard InChI is InChI=1S/C21H42O2/c1-2-3-4-5-6-7-8-9-10-11-12-13-14-15-17-21(20-23-21)18-16-19-22/h22H,2-20H2,1H3. The van der Waals surface area contributed by atoms with E-state index >= 15 is 0 Å². The van der Waals surface area contributed by atoms with Crippen molar-refractivity contribution in [1.29, 1.82) is 0 Å². The molecular formula is C21H42O2. The molecule has 1 N–H and O–H groups in total. The average molecular weight is 327 g/mol. The van der Waals surface area contributed by atoms with E-state index in [9.17, 15) is 0 Å². The third kappa shape index (κ3) is 12.0. The molecular weight excluding hydrogens is 284 g/mol. The van der Waals surface area contributed by atoms with Crippen LogP contribution >= 0.6 is 0 Å². The van der Waals surface area contributed by atoms with Crippen LogP contribution in [0.4, 0.5) is 0 Å². The summed E-state index contributed by atoms with van der Waals surface area (Å²) in [7, 11) is 0. The van der Waals surface area contributed by atoms with Crippen molar-refractivity contribution in [1.82, 2.24) is 0 Å². The van der Waals surface area contributed by atoms with Crippen molar-refractivity contribution in [3.8, 4) is 0 Å². The minimum Gasteiger partial charge on any atom is -0.396 e. The van der Waals surface area contributed by atoms with E-state index in [1.165, 1.54) is 96.3 Å². The molecule has 2 heteroatoms. The van der Waals surface area contributed by atoms with Gasteiger partial charge in [0.25, 0.3) is 0 Å². The van der Waals surface area contributed by atoms with E-state index in [4.69, 9.17) is 9.84 Å². The Morgan fingerprint density at radius 2 is 1.04 bits per heavy atom. The second-order valence-corrected chi connectivity index (χ2v) is 7.65. The topological polar surface area (TPSA) is 32.8 Å². The largest absolute Gasteiger partial charge is 0.396 e. The normalized spacial score (nSPS) is 20.1. The number of epoxide rings is 1. The van der Waals surface area contributed by atoms with Crippen LogP contribution in [0.1, 0.15) is 116 Å². The van der Waals surface area contributed by atoms with E-state index in [0.717, 1.165) is 19.4 Å². The predicted molar refractivity (Wildman–Crippen MR) is 99.9 cm³/mol. The maximum absolute atomic E-state index is 8.90. The molecule has 0 aromatic heterocycles. The molecule has 0 bridgehead atoms. The number of hydrogen-bond acceptors (Lipinski definition) is 2. The second kappa shape index (κ2) is 14.3. The molecule has 0 amide bonds. The monoisotopic (exact) mass is 326 g/mol. The van der Waals surface area contributed by atoms with E-state index in [-0.39, 0.29) is 5.60 Å². The Hall–Kier alpha value is -0.0800.